The molecule has 0 saturated carbocycles. The van der Waals surface area contributed by atoms with Gasteiger partial charge < -0.3 is 5.32 Å². The van der Waals surface area contributed by atoms with Gasteiger partial charge in [-0.3, -0.25) is 14.3 Å². The molecule has 2 N–H and O–H groups in total. The van der Waals surface area contributed by atoms with Crippen LogP contribution in [0.15, 0.2) is 27.8 Å². The van der Waals surface area contributed by atoms with Crippen molar-refractivity contribution in [2.45, 2.75) is 37.6 Å². The molecule has 0 aliphatic carbocycles. The maximum atomic E-state index is 13.5. The van der Waals surface area contributed by atoms with Gasteiger partial charge >= 0.3 is 5.69 Å². The zero-order chi connectivity index (χ0) is 18.5. The van der Waals surface area contributed by atoms with Crippen molar-refractivity contribution in [1.82, 2.24) is 9.55 Å². The third-order valence-electron chi connectivity index (χ3n) is 4.32. The van der Waals surface area contributed by atoms with E-state index in [2.05, 4.69) is 10.3 Å². The van der Waals surface area contributed by atoms with E-state index >= 15 is 0 Å². The van der Waals surface area contributed by atoms with Gasteiger partial charge in [0.25, 0.3) is 5.56 Å². The molecule has 0 fully saturated rings. The van der Waals surface area contributed by atoms with Crippen LogP contribution in [0.25, 0.3) is 0 Å². The van der Waals surface area contributed by atoms with E-state index in [9.17, 15) is 18.4 Å². The second-order valence-corrected chi connectivity index (χ2v) is 6.56. The fourth-order valence-electron chi connectivity index (χ4n) is 3.15. The molecule has 2 heterocycles. The lowest BCUT2D eigenvalue weighted by Crippen LogP contribution is -2.48. The summed E-state index contributed by atoms with van der Waals surface area (Å²) in [6, 6.07) is 2.45. The smallest absolute Gasteiger partial charge is 0.330 e. The third-order valence-corrected chi connectivity index (χ3v) is 4.32. The number of aromatic nitrogens is 2. The molecule has 1 aliphatic rings. The van der Waals surface area contributed by atoms with Gasteiger partial charge in [-0.05, 0) is 38.0 Å². The van der Waals surface area contributed by atoms with Crippen LogP contribution >= 0.6 is 0 Å². The number of hydrogen-bond donors (Lipinski definition) is 2. The van der Waals surface area contributed by atoms with Crippen LogP contribution in [0.3, 0.4) is 0 Å². The molecule has 0 saturated heterocycles. The van der Waals surface area contributed by atoms with Crippen LogP contribution in [0.4, 0.5) is 14.6 Å². The SMILES string of the molecule is [B]C1([B])C[C@H](c2ccc(F)c(F)c2)Nc2[nH]c(=O)n(C(C)C)c(=O)c21. The topological polar surface area (TPSA) is 66.9 Å². The van der Waals surface area contributed by atoms with Crippen molar-refractivity contribution in [2.24, 2.45) is 0 Å². The molecule has 9 heteroatoms. The molecule has 5 nitrogen and oxygen atoms in total. The van der Waals surface area contributed by atoms with Gasteiger partial charge in [0.2, 0.25) is 0 Å². The van der Waals surface area contributed by atoms with E-state index in [1.165, 1.54) is 6.07 Å². The monoisotopic (exact) mass is 341 g/mol. The van der Waals surface area contributed by atoms with Crippen LogP contribution in [0.1, 0.15) is 43.5 Å². The summed E-state index contributed by atoms with van der Waals surface area (Å²) >= 11 is 0. The van der Waals surface area contributed by atoms with Crippen molar-refractivity contribution >= 4 is 21.5 Å². The van der Waals surface area contributed by atoms with Crippen molar-refractivity contribution in [2.75, 3.05) is 5.32 Å². The van der Waals surface area contributed by atoms with E-state index in [0.717, 1.165) is 16.7 Å². The molecule has 126 valence electrons. The Morgan fingerprint density at radius 2 is 1.92 bits per heavy atom. The first-order valence-electron chi connectivity index (χ1n) is 7.80. The number of fused-ring (bicyclic) bond motifs is 1. The van der Waals surface area contributed by atoms with Gasteiger partial charge in [-0.25, -0.2) is 13.6 Å². The number of hydrogen-bond acceptors (Lipinski definition) is 3. The molecule has 0 amide bonds. The number of anilines is 1. The minimum atomic E-state index is -1.55. The predicted octanol–water partition coefficient (Wildman–Crippen LogP) is 1.44. The highest BCUT2D eigenvalue weighted by Crippen LogP contribution is 2.38. The summed E-state index contributed by atoms with van der Waals surface area (Å²) in [6.07, 6.45) is 0.0600. The molecule has 25 heavy (non-hydrogen) atoms. The molecule has 0 unspecified atom stereocenters. The van der Waals surface area contributed by atoms with Gasteiger partial charge in [0.05, 0.1) is 21.7 Å². The van der Waals surface area contributed by atoms with Crippen LogP contribution in [-0.2, 0) is 5.21 Å². The summed E-state index contributed by atoms with van der Waals surface area (Å²) in [4.78, 5) is 27.4. The average molecular weight is 341 g/mol. The largest absolute Gasteiger partial charge is 0.364 e. The Morgan fingerprint density at radius 1 is 1.24 bits per heavy atom. The Morgan fingerprint density at radius 3 is 2.52 bits per heavy atom. The molecule has 0 spiro atoms. The molecule has 1 aromatic heterocycles. The van der Waals surface area contributed by atoms with Gasteiger partial charge in [0, 0.05) is 11.6 Å². The predicted molar refractivity (Wildman–Crippen MR) is 92.2 cm³/mol. The quantitative estimate of drug-likeness (QED) is 0.813. The Hall–Kier alpha value is -2.31. The molecule has 1 aliphatic heterocycles. The third kappa shape index (κ3) is 2.92. The zero-order valence-electron chi connectivity index (χ0n) is 13.8. The van der Waals surface area contributed by atoms with Gasteiger partial charge in [0.15, 0.2) is 11.6 Å². The van der Waals surface area contributed by atoms with E-state index in [1.54, 1.807) is 13.8 Å². The summed E-state index contributed by atoms with van der Waals surface area (Å²) < 4.78 is 27.7. The highest BCUT2D eigenvalue weighted by molar-refractivity contribution is 6.40. The summed E-state index contributed by atoms with van der Waals surface area (Å²) in [5.74, 6) is -1.88. The zero-order valence-corrected chi connectivity index (χ0v) is 13.8. The van der Waals surface area contributed by atoms with E-state index in [-0.39, 0.29) is 23.8 Å². The summed E-state index contributed by atoms with van der Waals surface area (Å²) in [5, 5.41) is 1.40. The molecular weight excluding hydrogens is 326 g/mol. The number of benzene rings is 1. The number of nitrogens with one attached hydrogen (secondary N) is 2. The molecule has 2 aromatic rings. The van der Waals surface area contributed by atoms with E-state index < -0.39 is 34.1 Å². The average Bonchev–Trinajstić information content (AvgIpc) is 2.47. The number of H-pyrrole nitrogens is 1. The molecular formula is C16H15B2F2N3O2. The lowest BCUT2D eigenvalue weighted by atomic mass is 9.47. The fourth-order valence-corrected chi connectivity index (χ4v) is 3.15. The Labute approximate surface area is 145 Å². The summed E-state index contributed by atoms with van der Waals surface area (Å²) in [7, 11) is 12.3. The molecule has 4 radical (unpaired) electrons. The van der Waals surface area contributed by atoms with Gasteiger partial charge in [-0.15, -0.1) is 0 Å². The second kappa shape index (κ2) is 5.89. The summed E-state index contributed by atoms with van der Waals surface area (Å²) in [5.41, 5.74) is -0.721. The Kier molecular flexibility index (Phi) is 4.13. The molecule has 1 atom stereocenters. The van der Waals surface area contributed by atoms with Crippen molar-refractivity contribution < 1.29 is 8.78 Å². The van der Waals surface area contributed by atoms with Gasteiger partial charge in [-0.2, -0.15) is 0 Å². The lowest BCUT2D eigenvalue weighted by Gasteiger charge is -2.39. The second-order valence-electron chi connectivity index (χ2n) is 6.56. The molecule has 3 rings (SSSR count). The van der Waals surface area contributed by atoms with Crippen molar-refractivity contribution in [1.29, 1.82) is 0 Å². The van der Waals surface area contributed by atoms with Crippen molar-refractivity contribution in [3.8, 4) is 0 Å². The van der Waals surface area contributed by atoms with Crippen LogP contribution in [0.5, 0.6) is 0 Å². The van der Waals surface area contributed by atoms with Crippen LogP contribution < -0.4 is 16.6 Å². The van der Waals surface area contributed by atoms with Crippen molar-refractivity contribution in [3.63, 3.8) is 0 Å². The van der Waals surface area contributed by atoms with E-state index in [1.807, 2.05) is 0 Å². The van der Waals surface area contributed by atoms with E-state index in [0.29, 0.717) is 5.56 Å². The minimum Gasteiger partial charge on any atom is -0.364 e. The lowest BCUT2D eigenvalue weighted by molar-refractivity contribution is 0.500. The Balaban J connectivity index is 2.14. The number of nitrogens with zero attached hydrogens (tertiary/aromatic N) is 1. The van der Waals surface area contributed by atoms with Crippen LogP contribution in [0.2, 0.25) is 0 Å². The van der Waals surface area contributed by atoms with E-state index in [4.69, 9.17) is 15.7 Å². The highest BCUT2D eigenvalue weighted by Gasteiger charge is 2.37. The van der Waals surface area contributed by atoms with Crippen LogP contribution in [0, 0.1) is 11.6 Å². The maximum absolute atomic E-state index is 13.5. The number of halogens is 2. The van der Waals surface area contributed by atoms with Gasteiger partial charge in [-0.1, -0.05) is 11.3 Å². The summed E-state index contributed by atoms with van der Waals surface area (Å²) in [6.45, 7) is 3.39. The minimum absolute atomic E-state index is 0.0552. The van der Waals surface area contributed by atoms with Gasteiger partial charge in [0.1, 0.15) is 5.82 Å². The van der Waals surface area contributed by atoms with Crippen molar-refractivity contribution in [3.05, 3.63) is 61.8 Å². The Bertz CT molecular complexity index is 953. The maximum Gasteiger partial charge on any atom is 0.330 e. The fraction of sp³-hybridized carbons (Fsp3) is 0.375. The van der Waals surface area contributed by atoms with Crippen LogP contribution in [-0.4, -0.2) is 25.2 Å². The molecule has 0 bridgehead atoms. The first-order valence-corrected chi connectivity index (χ1v) is 7.80. The highest BCUT2D eigenvalue weighted by atomic mass is 19.2. The molecule has 1 aromatic carbocycles. The first-order chi connectivity index (χ1) is 11.6. The first kappa shape index (κ1) is 17.5. The normalized spacial score (nSPS) is 18.7. The standard InChI is InChI=1S/C16H15B2F2N3O2/c1-7(2)23-14(24)12-13(22-15(23)25)21-11(6-16(12,17)18)8-3-4-9(19)10(20)5-8/h3-5,7,11,21H,6H2,1-2H3,(H,22,25)/t11-/m1/s1. The number of aromatic amines is 1. The number of rotatable bonds is 2.